The second-order valence-corrected chi connectivity index (χ2v) is 4.17. The van der Waals surface area contributed by atoms with Crippen LogP contribution >= 0.6 is 11.6 Å². The smallest absolute Gasteiger partial charge is 0.251 e. The molecule has 2 rings (SSSR count). The minimum atomic E-state index is -0.279. The molecular weight excluding hydrogens is 262 g/mol. The van der Waals surface area contributed by atoms with Crippen LogP contribution in [0.4, 0.5) is 5.69 Å². The first kappa shape index (κ1) is 13.2. The van der Waals surface area contributed by atoms with Crippen LogP contribution in [0.2, 0.25) is 5.02 Å². The first-order chi connectivity index (χ1) is 9.24. The van der Waals surface area contributed by atoms with Gasteiger partial charge in [0, 0.05) is 16.8 Å². The molecule has 96 valence electrons. The molecule has 0 aliphatic heterocycles. The number of para-hydroxylation sites is 1. The van der Waals surface area contributed by atoms with Crippen LogP contribution in [0.25, 0.3) is 0 Å². The zero-order chi connectivity index (χ0) is 13.5. The lowest BCUT2D eigenvalue weighted by molar-refractivity contribution is -0.112. The molecule has 0 aromatic heterocycles. The topological polar surface area (TPSA) is 38.3 Å². The van der Waals surface area contributed by atoms with Gasteiger partial charge < -0.3 is 10.1 Å². The molecule has 0 fully saturated rings. The number of rotatable bonds is 4. The molecule has 2 aromatic rings. The van der Waals surface area contributed by atoms with Crippen LogP contribution in [0, 0.1) is 0 Å². The van der Waals surface area contributed by atoms with E-state index < -0.39 is 0 Å². The second kappa shape index (κ2) is 6.61. The standard InChI is InChI=1S/C15H12ClNO2/c16-12-5-4-6-13(11-12)17-15(18)9-10-19-14-7-2-1-3-8-14/h1-11H,(H,17,18). The highest BCUT2D eigenvalue weighted by atomic mass is 35.5. The average molecular weight is 274 g/mol. The number of benzene rings is 2. The molecule has 0 radical (unpaired) electrons. The van der Waals surface area contributed by atoms with Crippen molar-refractivity contribution >= 4 is 23.2 Å². The summed E-state index contributed by atoms with van der Waals surface area (Å²) in [6.07, 6.45) is 2.66. The summed E-state index contributed by atoms with van der Waals surface area (Å²) in [6, 6.07) is 16.2. The number of nitrogens with one attached hydrogen (secondary N) is 1. The van der Waals surface area contributed by atoms with E-state index in [0.29, 0.717) is 16.5 Å². The number of hydrogen-bond donors (Lipinski definition) is 1. The number of halogens is 1. The van der Waals surface area contributed by atoms with Gasteiger partial charge in [-0.25, -0.2) is 0 Å². The molecule has 0 bridgehead atoms. The lowest BCUT2D eigenvalue weighted by Gasteiger charge is -2.02. The summed E-state index contributed by atoms with van der Waals surface area (Å²) in [5.74, 6) is 0.396. The van der Waals surface area contributed by atoms with E-state index in [1.54, 1.807) is 36.4 Å². The molecule has 0 heterocycles. The molecule has 0 aliphatic rings. The molecule has 0 aliphatic carbocycles. The zero-order valence-corrected chi connectivity index (χ0v) is 10.8. The quantitative estimate of drug-likeness (QED) is 0.678. The maximum atomic E-state index is 11.6. The van der Waals surface area contributed by atoms with E-state index in [1.165, 1.54) is 12.3 Å². The largest absolute Gasteiger partial charge is 0.465 e. The first-order valence-electron chi connectivity index (χ1n) is 5.69. The Balaban J connectivity index is 1.88. The second-order valence-electron chi connectivity index (χ2n) is 3.73. The molecule has 1 amide bonds. The van der Waals surface area contributed by atoms with Crippen molar-refractivity contribution in [2.24, 2.45) is 0 Å². The molecule has 2 aromatic carbocycles. The Kier molecular flexibility index (Phi) is 4.59. The maximum Gasteiger partial charge on any atom is 0.251 e. The molecule has 0 saturated heterocycles. The van der Waals surface area contributed by atoms with Crippen LogP contribution in [-0.4, -0.2) is 5.91 Å². The van der Waals surface area contributed by atoms with E-state index in [4.69, 9.17) is 16.3 Å². The number of carbonyl (C=O) groups excluding carboxylic acids is 1. The minimum Gasteiger partial charge on any atom is -0.465 e. The molecule has 0 atom stereocenters. The Morgan fingerprint density at radius 2 is 1.89 bits per heavy atom. The van der Waals surface area contributed by atoms with Crippen LogP contribution < -0.4 is 10.1 Å². The summed E-state index contributed by atoms with van der Waals surface area (Å²) in [5.41, 5.74) is 0.641. The van der Waals surface area contributed by atoms with Gasteiger partial charge in [0.15, 0.2) is 0 Å². The van der Waals surface area contributed by atoms with Gasteiger partial charge in [-0.05, 0) is 30.3 Å². The van der Waals surface area contributed by atoms with Gasteiger partial charge >= 0.3 is 0 Å². The van der Waals surface area contributed by atoms with Crippen LogP contribution in [0.15, 0.2) is 66.9 Å². The molecule has 19 heavy (non-hydrogen) atoms. The predicted octanol–water partition coefficient (Wildman–Crippen LogP) is 3.87. The highest BCUT2D eigenvalue weighted by Gasteiger charge is 1.98. The summed E-state index contributed by atoms with van der Waals surface area (Å²) in [6.45, 7) is 0. The fourth-order valence-electron chi connectivity index (χ4n) is 1.42. The third-order valence-corrected chi connectivity index (χ3v) is 2.49. The maximum absolute atomic E-state index is 11.6. The van der Waals surface area contributed by atoms with E-state index in [9.17, 15) is 4.79 Å². The summed E-state index contributed by atoms with van der Waals surface area (Å²) < 4.78 is 5.27. The van der Waals surface area contributed by atoms with Gasteiger partial charge in [-0.15, -0.1) is 0 Å². The molecular formula is C15H12ClNO2. The summed E-state index contributed by atoms with van der Waals surface area (Å²) in [7, 11) is 0. The number of amides is 1. The van der Waals surface area contributed by atoms with E-state index in [0.717, 1.165) is 0 Å². The fraction of sp³-hybridized carbons (Fsp3) is 0. The third-order valence-electron chi connectivity index (χ3n) is 2.26. The normalized spacial score (nSPS) is 10.4. The SMILES string of the molecule is O=C(C=COc1ccccc1)Nc1cccc(Cl)c1. The number of hydrogen-bond acceptors (Lipinski definition) is 2. The summed E-state index contributed by atoms with van der Waals surface area (Å²) >= 11 is 5.82. The molecule has 0 spiro atoms. The van der Waals surface area contributed by atoms with Gasteiger partial charge in [-0.2, -0.15) is 0 Å². The van der Waals surface area contributed by atoms with Crippen molar-refractivity contribution in [3.63, 3.8) is 0 Å². The Hall–Kier alpha value is -2.26. The number of ether oxygens (including phenoxy) is 1. The Bertz CT molecular complexity index is 582. The number of carbonyl (C=O) groups is 1. The lowest BCUT2D eigenvalue weighted by atomic mass is 10.3. The van der Waals surface area contributed by atoms with E-state index in [2.05, 4.69) is 5.32 Å². The van der Waals surface area contributed by atoms with Crippen molar-refractivity contribution in [2.75, 3.05) is 5.32 Å². The fourth-order valence-corrected chi connectivity index (χ4v) is 1.61. The molecule has 0 unspecified atom stereocenters. The molecule has 4 heteroatoms. The summed E-state index contributed by atoms with van der Waals surface area (Å²) in [4.78, 5) is 11.6. The third kappa shape index (κ3) is 4.48. The van der Waals surface area contributed by atoms with Crippen molar-refractivity contribution in [1.29, 1.82) is 0 Å². The monoisotopic (exact) mass is 273 g/mol. The van der Waals surface area contributed by atoms with Gasteiger partial charge in [0.1, 0.15) is 5.75 Å². The van der Waals surface area contributed by atoms with Crippen molar-refractivity contribution < 1.29 is 9.53 Å². The summed E-state index contributed by atoms with van der Waals surface area (Å²) in [5, 5.41) is 3.25. The van der Waals surface area contributed by atoms with Gasteiger partial charge in [-0.1, -0.05) is 35.9 Å². The van der Waals surface area contributed by atoms with Crippen molar-refractivity contribution in [2.45, 2.75) is 0 Å². The minimum absolute atomic E-state index is 0.279. The van der Waals surface area contributed by atoms with Crippen LogP contribution in [0.3, 0.4) is 0 Å². The molecule has 1 N–H and O–H groups in total. The Morgan fingerprint density at radius 1 is 1.11 bits per heavy atom. The van der Waals surface area contributed by atoms with Crippen LogP contribution in [0.1, 0.15) is 0 Å². The van der Waals surface area contributed by atoms with E-state index in [-0.39, 0.29) is 5.91 Å². The van der Waals surface area contributed by atoms with Crippen LogP contribution in [0.5, 0.6) is 5.75 Å². The van der Waals surface area contributed by atoms with Crippen LogP contribution in [-0.2, 0) is 4.79 Å². The zero-order valence-electron chi connectivity index (χ0n) is 10.0. The van der Waals surface area contributed by atoms with E-state index in [1.807, 2.05) is 18.2 Å². The number of anilines is 1. The highest BCUT2D eigenvalue weighted by molar-refractivity contribution is 6.30. The average Bonchev–Trinajstić information content (AvgIpc) is 2.40. The van der Waals surface area contributed by atoms with E-state index >= 15 is 0 Å². The van der Waals surface area contributed by atoms with Gasteiger partial charge in [-0.3, -0.25) is 4.79 Å². The first-order valence-corrected chi connectivity index (χ1v) is 6.06. The van der Waals surface area contributed by atoms with Gasteiger partial charge in [0.05, 0.1) is 6.26 Å². The highest BCUT2D eigenvalue weighted by Crippen LogP contribution is 2.14. The van der Waals surface area contributed by atoms with Gasteiger partial charge in [0.25, 0.3) is 5.91 Å². The van der Waals surface area contributed by atoms with Crippen molar-refractivity contribution in [3.05, 3.63) is 72.0 Å². The Morgan fingerprint density at radius 3 is 2.63 bits per heavy atom. The lowest BCUT2D eigenvalue weighted by Crippen LogP contribution is -2.08. The molecule has 0 saturated carbocycles. The van der Waals surface area contributed by atoms with Crippen molar-refractivity contribution in [3.8, 4) is 5.75 Å². The predicted molar refractivity (Wildman–Crippen MR) is 76.3 cm³/mol. The molecule has 3 nitrogen and oxygen atoms in total. The van der Waals surface area contributed by atoms with Crippen molar-refractivity contribution in [1.82, 2.24) is 0 Å². The Labute approximate surface area is 116 Å². The van der Waals surface area contributed by atoms with Gasteiger partial charge in [0.2, 0.25) is 0 Å².